The van der Waals surface area contributed by atoms with Gasteiger partial charge >= 0.3 is 0 Å². The molecule has 6 aromatic carbocycles. The van der Waals surface area contributed by atoms with Crippen molar-refractivity contribution in [2.45, 2.75) is 108 Å². The molecule has 7 aliphatic rings. The van der Waals surface area contributed by atoms with E-state index < -0.39 is 0 Å². The predicted molar refractivity (Wildman–Crippen MR) is 244 cm³/mol. The zero-order chi connectivity index (χ0) is 40.1. The Kier molecular flexibility index (Phi) is 7.44. The highest BCUT2D eigenvalue weighted by atomic mass is 16.5. The lowest BCUT2D eigenvalue weighted by Crippen LogP contribution is -2.57. The van der Waals surface area contributed by atoms with Gasteiger partial charge in [-0.15, -0.1) is 0 Å². The molecular weight excluding hydrogens is 715 g/mol. The van der Waals surface area contributed by atoms with Crippen LogP contribution in [0.25, 0.3) is 22.3 Å². The van der Waals surface area contributed by atoms with E-state index in [2.05, 4.69) is 174 Å². The molecule has 6 aromatic rings. The second-order valence-corrected chi connectivity index (χ2v) is 21.2. The minimum Gasteiger partial charge on any atom is -0.456 e. The van der Waals surface area contributed by atoms with Crippen molar-refractivity contribution in [3.63, 3.8) is 0 Å². The fourth-order valence-electron chi connectivity index (χ4n) is 14.2. The third-order valence-electron chi connectivity index (χ3n) is 16.7. The fraction of sp³-hybridized carbons (Fsp3) is 0.368. The normalized spacial score (nSPS) is 26.6. The number of para-hydroxylation sites is 1. The number of rotatable bonds is 4. The van der Waals surface area contributed by atoms with Crippen molar-refractivity contribution in [3.05, 3.63) is 161 Å². The molecule has 0 N–H and O–H groups in total. The lowest BCUT2D eigenvalue weighted by Gasteiger charge is -2.63. The zero-order valence-corrected chi connectivity index (χ0v) is 35.7. The highest BCUT2D eigenvalue weighted by molar-refractivity contribution is 5.95. The summed E-state index contributed by atoms with van der Waals surface area (Å²) in [6.07, 6.45) is 9.11. The second kappa shape index (κ2) is 12.2. The highest BCUT2D eigenvalue weighted by Crippen LogP contribution is 2.70. The van der Waals surface area contributed by atoms with Crippen molar-refractivity contribution in [2.24, 2.45) is 23.7 Å². The Morgan fingerprint density at radius 1 is 0.508 bits per heavy atom. The number of hydrogen-bond acceptors (Lipinski definition) is 2. The molecule has 59 heavy (non-hydrogen) atoms. The van der Waals surface area contributed by atoms with E-state index in [0.717, 1.165) is 29.8 Å². The molecule has 0 unspecified atom stereocenters. The van der Waals surface area contributed by atoms with E-state index in [0.29, 0.717) is 11.8 Å². The molecule has 0 atom stereocenters. The third-order valence-corrected chi connectivity index (χ3v) is 16.7. The second-order valence-electron chi connectivity index (χ2n) is 21.2. The van der Waals surface area contributed by atoms with Crippen molar-refractivity contribution in [2.75, 3.05) is 4.90 Å². The first-order chi connectivity index (χ1) is 28.5. The number of anilines is 3. The van der Waals surface area contributed by atoms with E-state index >= 15 is 0 Å². The standard InChI is InChI=1S/C57H57NO/c1-54(2)27-28-55(3,4)52-45(54)20-14-21-49(52)58(40-23-24-42-41-17-10-11-18-43(41)56(5,6)47(42)34-40)48-26-25-46-53(51(48)37-15-8-7-9-16-37)59-50-22-13-12-19-44(50)57(46)38-30-35-29-36(32-38)33-39(57)31-35/h7-26,34-36,38-39H,27-33H2,1-6H3. The SMILES string of the molecule is CC1(C)CCC(C)(C)c2c(N(c3ccc4c(c3)C(C)(C)c3ccccc3-4)c3ccc4c(c3-c3ccccc3)Oc3ccccc3C43C4CC5CC(C4)CC3C5)cccc21. The fourth-order valence-corrected chi connectivity index (χ4v) is 14.2. The Bertz CT molecular complexity index is 2670. The maximum Gasteiger partial charge on any atom is 0.141 e. The zero-order valence-electron chi connectivity index (χ0n) is 35.7. The van der Waals surface area contributed by atoms with Crippen molar-refractivity contribution in [1.82, 2.24) is 0 Å². The van der Waals surface area contributed by atoms with Crippen molar-refractivity contribution < 1.29 is 4.74 Å². The van der Waals surface area contributed by atoms with Gasteiger partial charge in [0, 0.05) is 33.2 Å². The topological polar surface area (TPSA) is 12.5 Å². The van der Waals surface area contributed by atoms with Crippen LogP contribution in [0, 0.1) is 23.7 Å². The number of ether oxygens (including phenoxy) is 1. The summed E-state index contributed by atoms with van der Waals surface area (Å²) in [5.41, 5.74) is 17.3. The molecule has 0 amide bonds. The van der Waals surface area contributed by atoms with Gasteiger partial charge in [0.1, 0.15) is 11.5 Å². The monoisotopic (exact) mass is 771 g/mol. The van der Waals surface area contributed by atoms with Crippen LogP contribution in [-0.2, 0) is 21.7 Å². The van der Waals surface area contributed by atoms with Gasteiger partial charge < -0.3 is 9.64 Å². The summed E-state index contributed by atoms with van der Waals surface area (Å²) in [6, 6.07) is 49.0. The van der Waals surface area contributed by atoms with Gasteiger partial charge in [0.25, 0.3) is 0 Å². The summed E-state index contributed by atoms with van der Waals surface area (Å²) in [5.74, 6) is 5.15. The number of benzene rings is 6. The van der Waals surface area contributed by atoms with Crippen molar-refractivity contribution in [3.8, 4) is 33.8 Å². The van der Waals surface area contributed by atoms with Crippen LogP contribution in [0.4, 0.5) is 17.1 Å². The van der Waals surface area contributed by atoms with Gasteiger partial charge in [-0.1, -0.05) is 139 Å². The number of fused-ring (bicyclic) bond motifs is 6. The highest BCUT2D eigenvalue weighted by Gasteiger charge is 2.61. The maximum atomic E-state index is 7.47. The largest absolute Gasteiger partial charge is 0.456 e. The van der Waals surface area contributed by atoms with Crippen LogP contribution >= 0.6 is 0 Å². The lowest BCUT2D eigenvalue weighted by atomic mass is 9.41. The molecule has 2 heteroatoms. The molecule has 296 valence electrons. The van der Waals surface area contributed by atoms with E-state index in [1.165, 1.54) is 111 Å². The summed E-state index contributed by atoms with van der Waals surface area (Å²) < 4.78 is 7.47. The van der Waals surface area contributed by atoms with Crippen LogP contribution in [0.1, 0.15) is 120 Å². The van der Waals surface area contributed by atoms with Gasteiger partial charge in [-0.2, -0.15) is 0 Å². The Hall–Kier alpha value is -5.08. The Morgan fingerprint density at radius 2 is 1.15 bits per heavy atom. The smallest absolute Gasteiger partial charge is 0.141 e. The summed E-state index contributed by atoms with van der Waals surface area (Å²) in [7, 11) is 0. The number of hydrogen-bond donors (Lipinski definition) is 0. The average molecular weight is 772 g/mol. The van der Waals surface area contributed by atoms with Gasteiger partial charge in [-0.05, 0) is 149 Å². The number of nitrogens with zero attached hydrogens (tertiary/aromatic N) is 1. The van der Waals surface area contributed by atoms with Crippen LogP contribution in [0.5, 0.6) is 11.5 Å². The molecule has 4 fully saturated rings. The Balaban J connectivity index is 1.17. The van der Waals surface area contributed by atoms with Crippen molar-refractivity contribution in [1.29, 1.82) is 0 Å². The molecule has 1 heterocycles. The quantitative estimate of drug-likeness (QED) is 0.177. The minimum atomic E-state index is -0.123. The van der Waals surface area contributed by atoms with Crippen molar-refractivity contribution >= 4 is 17.1 Å². The van der Waals surface area contributed by atoms with E-state index in [1.54, 1.807) is 0 Å². The molecule has 4 saturated carbocycles. The Labute approximate surface area is 351 Å². The minimum absolute atomic E-state index is 0.00701. The molecule has 0 radical (unpaired) electrons. The van der Waals surface area contributed by atoms with Crippen LogP contribution in [0.15, 0.2) is 127 Å². The van der Waals surface area contributed by atoms with Gasteiger partial charge in [0.15, 0.2) is 0 Å². The summed E-state index contributed by atoms with van der Waals surface area (Å²) in [4.78, 5) is 2.65. The molecule has 13 rings (SSSR count). The third kappa shape index (κ3) is 4.87. The van der Waals surface area contributed by atoms with Gasteiger partial charge in [0.2, 0.25) is 0 Å². The summed E-state index contributed by atoms with van der Waals surface area (Å²) in [6.45, 7) is 14.7. The molecule has 4 bridgehead atoms. The molecule has 2 nitrogen and oxygen atoms in total. The van der Waals surface area contributed by atoms with E-state index in [1.807, 2.05) is 0 Å². The van der Waals surface area contributed by atoms with Crippen LogP contribution in [0.3, 0.4) is 0 Å². The molecule has 1 spiro atoms. The van der Waals surface area contributed by atoms with E-state index in [-0.39, 0.29) is 21.7 Å². The lowest BCUT2D eigenvalue weighted by molar-refractivity contribution is -0.0451. The maximum absolute atomic E-state index is 7.47. The van der Waals surface area contributed by atoms with Crippen LogP contribution in [-0.4, -0.2) is 0 Å². The van der Waals surface area contributed by atoms with Gasteiger partial charge in [0.05, 0.1) is 11.4 Å². The Morgan fingerprint density at radius 3 is 1.92 bits per heavy atom. The van der Waals surface area contributed by atoms with Crippen LogP contribution < -0.4 is 9.64 Å². The van der Waals surface area contributed by atoms with Crippen LogP contribution in [0.2, 0.25) is 0 Å². The molecule has 6 aliphatic carbocycles. The average Bonchev–Trinajstić information content (AvgIpc) is 3.46. The first-order valence-electron chi connectivity index (χ1n) is 22.7. The first-order valence-corrected chi connectivity index (χ1v) is 22.7. The molecule has 0 aromatic heterocycles. The van der Waals surface area contributed by atoms with Gasteiger partial charge in [-0.3, -0.25) is 0 Å². The van der Waals surface area contributed by atoms with Gasteiger partial charge in [-0.25, -0.2) is 0 Å². The molecule has 0 saturated heterocycles. The summed E-state index contributed by atoms with van der Waals surface area (Å²) in [5, 5.41) is 0. The van der Waals surface area contributed by atoms with E-state index in [4.69, 9.17) is 4.74 Å². The molecular formula is C57H57NO. The molecule has 1 aliphatic heterocycles. The predicted octanol–water partition coefficient (Wildman–Crippen LogP) is 15.3. The summed E-state index contributed by atoms with van der Waals surface area (Å²) >= 11 is 0. The first kappa shape index (κ1) is 35.8. The van der Waals surface area contributed by atoms with E-state index in [9.17, 15) is 0 Å².